The van der Waals surface area contributed by atoms with Gasteiger partial charge in [0.15, 0.2) is 5.13 Å². The van der Waals surface area contributed by atoms with Crippen LogP contribution in [0.5, 0.6) is 0 Å². The number of nitriles is 2. The number of thiazole rings is 1. The molecule has 2 aromatic rings. The number of anilines is 1. The molecule has 0 saturated carbocycles. The summed E-state index contributed by atoms with van der Waals surface area (Å²) in [4.78, 5) is 5.43. The molecule has 0 aromatic carbocycles. The van der Waals surface area contributed by atoms with Crippen molar-refractivity contribution in [2.45, 2.75) is 0 Å². The molecule has 0 aliphatic carbocycles. The maximum absolute atomic E-state index is 8.59. The second-order valence-electron chi connectivity index (χ2n) is 3.07. The molecule has 0 saturated heterocycles. The van der Waals surface area contributed by atoms with Gasteiger partial charge in [0.25, 0.3) is 0 Å². The molecule has 0 fully saturated rings. The summed E-state index contributed by atoms with van der Waals surface area (Å²) in [6.45, 7) is 0. The Kier molecular flexibility index (Phi) is 4.11. The van der Waals surface area contributed by atoms with E-state index in [1.54, 1.807) is 23.5 Å². The molecule has 0 aliphatic heterocycles. The second kappa shape index (κ2) is 5.78. The number of hydrogen-bond donors (Lipinski definition) is 1. The summed E-state index contributed by atoms with van der Waals surface area (Å²) in [6, 6.07) is 7.50. The second-order valence-corrected chi connectivity index (χ2v) is 6.39. The Bertz CT molecular complexity index is 656. The van der Waals surface area contributed by atoms with E-state index in [2.05, 4.69) is 26.2 Å². The monoisotopic (exact) mass is 336 g/mol. The van der Waals surface area contributed by atoms with Gasteiger partial charge < -0.3 is 5.32 Å². The number of halogens is 1. The van der Waals surface area contributed by atoms with Crippen LogP contribution >= 0.6 is 38.6 Å². The van der Waals surface area contributed by atoms with E-state index in [4.69, 9.17) is 10.5 Å². The van der Waals surface area contributed by atoms with Crippen molar-refractivity contribution < 1.29 is 0 Å². The van der Waals surface area contributed by atoms with Gasteiger partial charge in [-0.25, -0.2) is 4.98 Å². The highest BCUT2D eigenvalue weighted by Gasteiger charge is 2.06. The van der Waals surface area contributed by atoms with Crippen LogP contribution in [0.25, 0.3) is 10.6 Å². The van der Waals surface area contributed by atoms with Crippen LogP contribution in [0.2, 0.25) is 0 Å². The Balaban J connectivity index is 2.15. The maximum atomic E-state index is 8.59. The highest BCUT2D eigenvalue weighted by Crippen LogP contribution is 2.32. The number of nitrogens with one attached hydrogen (secondary N) is 1. The lowest BCUT2D eigenvalue weighted by Crippen LogP contribution is -1.88. The van der Waals surface area contributed by atoms with E-state index in [-0.39, 0.29) is 5.57 Å². The first-order valence-electron chi connectivity index (χ1n) is 4.71. The van der Waals surface area contributed by atoms with Gasteiger partial charge >= 0.3 is 0 Å². The minimum atomic E-state index is 0.0191. The minimum Gasteiger partial charge on any atom is -0.336 e. The van der Waals surface area contributed by atoms with E-state index in [1.165, 1.54) is 17.5 Å². The molecule has 18 heavy (non-hydrogen) atoms. The molecule has 0 atom stereocenters. The molecule has 2 heterocycles. The zero-order valence-corrected chi connectivity index (χ0v) is 12.1. The average molecular weight is 337 g/mol. The fourth-order valence-corrected chi connectivity index (χ4v) is 3.23. The summed E-state index contributed by atoms with van der Waals surface area (Å²) in [7, 11) is 0. The van der Waals surface area contributed by atoms with Crippen LogP contribution in [-0.4, -0.2) is 4.98 Å². The Labute approximate surface area is 120 Å². The van der Waals surface area contributed by atoms with Gasteiger partial charge in [0, 0.05) is 11.6 Å². The molecular weight excluding hydrogens is 332 g/mol. The van der Waals surface area contributed by atoms with E-state index in [0.717, 1.165) is 14.4 Å². The predicted octanol–water partition coefficient (Wildman–Crippen LogP) is 3.98. The van der Waals surface area contributed by atoms with Gasteiger partial charge in [-0.05, 0) is 28.1 Å². The van der Waals surface area contributed by atoms with E-state index in [1.807, 2.05) is 17.5 Å². The summed E-state index contributed by atoms with van der Waals surface area (Å²) in [5.41, 5.74) is 0.896. The van der Waals surface area contributed by atoms with E-state index in [9.17, 15) is 0 Å². The van der Waals surface area contributed by atoms with Crippen LogP contribution < -0.4 is 5.32 Å². The number of aromatic nitrogens is 1. The van der Waals surface area contributed by atoms with Crippen LogP contribution in [-0.2, 0) is 0 Å². The summed E-state index contributed by atoms with van der Waals surface area (Å²) >= 11 is 6.42. The molecule has 2 aromatic heterocycles. The summed E-state index contributed by atoms with van der Waals surface area (Å²) in [5.74, 6) is 0. The number of rotatable bonds is 3. The van der Waals surface area contributed by atoms with Gasteiger partial charge in [0.1, 0.15) is 17.7 Å². The smallest absolute Gasteiger partial charge is 0.187 e. The molecule has 88 valence electrons. The number of nitrogens with zero attached hydrogens (tertiary/aromatic N) is 3. The third kappa shape index (κ3) is 2.96. The van der Waals surface area contributed by atoms with Gasteiger partial charge in [-0.15, -0.1) is 22.7 Å². The van der Waals surface area contributed by atoms with Crippen LogP contribution in [0.3, 0.4) is 0 Å². The Morgan fingerprint density at radius 1 is 1.39 bits per heavy atom. The fraction of sp³-hybridized carbons (Fsp3) is 0. The number of thiophene rings is 1. The first-order valence-corrected chi connectivity index (χ1v) is 7.20. The zero-order valence-electron chi connectivity index (χ0n) is 8.85. The molecule has 0 spiro atoms. The van der Waals surface area contributed by atoms with Crippen LogP contribution in [0.15, 0.2) is 33.1 Å². The topological polar surface area (TPSA) is 72.5 Å². The quantitative estimate of drug-likeness (QED) is 0.860. The van der Waals surface area contributed by atoms with Crippen molar-refractivity contribution in [3.8, 4) is 22.7 Å². The van der Waals surface area contributed by atoms with E-state index in [0.29, 0.717) is 5.13 Å². The van der Waals surface area contributed by atoms with Crippen LogP contribution in [0.1, 0.15) is 0 Å². The maximum Gasteiger partial charge on any atom is 0.187 e. The molecule has 2 rings (SSSR count). The van der Waals surface area contributed by atoms with Crippen LogP contribution in [0, 0.1) is 22.7 Å². The fourth-order valence-electron chi connectivity index (χ4n) is 1.13. The van der Waals surface area contributed by atoms with Crippen molar-refractivity contribution in [2.24, 2.45) is 0 Å². The highest BCUT2D eigenvalue weighted by atomic mass is 79.9. The first kappa shape index (κ1) is 12.8. The van der Waals surface area contributed by atoms with Gasteiger partial charge in [0.2, 0.25) is 0 Å². The van der Waals surface area contributed by atoms with Crippen LogP contribution in [0.4, 0.5) is 5.13 Å². The zero-order chi connectivity index (χ0) is 13.0. The Morgan fingerprint density at radius 2 is 2.17 bits per heavy atom. The number of hydrogen-bond acceptors (Lipinski definition) is 6. The predicted molar refractivity (Wildman–Crippen MR) is 76.1 cm³/mol. The van der Waals surface area contributed by atoms with Gasteiger partial charge in [-0.2, -0.15) is 10.5 Å². The van der Waals surface area contributed by atoms with E-state index >= 15 is 0 Å². The van der Waals surface area contributed by atoms with Crippen molar-refractivity contribution in [3.05, 3.63) is 33.1 Å². The largest absolute Gasteiger partial charge is 0.336 e. The molecule has 0 radical (unpaired) electrons. The highest BCUT2D eigenvalue weighted by molar-refractivity contribution is 9.11. The molecule has 0 unspecified atom stereocenters. The van der Waals surface area contributed by atoms with Crippen molar-refractivity contribution in [1.29, 1.82) is 10.5 Å². The van der Waals surface area contributed by atoms with Gasteiger partial charge in [0.05, 0.1) is 14.4 Å². The van der Waals surface area contributed by atoms with Gasteiger partial charge in [-0.1, -0.05) is 0 Å². The molecule has 0 bridgehead atoms. The summed E-state index contributed by atoms with van der Waals surface area (Å²) < 4.78 is 1.05. The normalized spacial score (nSPS) is 9.28. The molecule has 4 nitrogen and oxygen atoms in total. The summed E-state index contributed by atoms with van der Waals surface area (Å²) in [5, 5.41) is 22.6. The summed E-state index contributed by atoms with van der Waals surface area (Å²) in [6.07, 6.45) is 1.35. The van der Waals surface area contributed by atoms with Crippen molar-refractivity contribution in [2.75, 3.05) is 5.32 Å². The Hall–Kier alpha value is -1.67. The molecule has 0 amide bonds. The lowest BCUT2D eigenvalue weighted by atomic mass is 10.4. The standard InChI is InChI=1S/C11H5BrN4S2/c12-10-2-1-9(18-10)8-6-17-11(16-8)15-5-7(3-13)4-14/h1-2,5-6H,(H,15,16). The first-order chi connectivity index (χ1) is 8.72. The lowest BCUT2D eigenvalue weighted by molar-refractivity contribution is 1.39. The van der Waals surface area contributed by atoms with Gasteiger partial charge in [-0.3, -0.25) is 0 Å². The third-order valence-electron chi connectivity index (χ3n) is 1.91. The lowest BCUT2D eigenvalue weighted by Gasteiger charge is -1.92. The van der Waals surface area contributed by atoms with E-state index < -0.39 is 0 Å². The van der Waals surface area contributed by atoms with Crippen molar-refractivity contribution in [3.63, 3.8) is 0 Å². The van der Waals surface area contributed by atoms with Crippen molar-refractivity contribution in [1.82, 2.24) is 4.98 Å². The molecular formula is C11H5BrN4S2. The number of allylic oxidation sites excluding steroid dienone is 1. The van der Waals surface area contributed by atoms with Crippen molar-refractivity contribution >= 4 is 43.7 Å². The molecule has 1 N–H and O–H groups in total. The molecule has 0 aliphatic rings. The Morgan fingerprint density at radius 3 is 2.78 bits per heavy atom. The SMILES string of the molecule is N#CC(C#N)=CNc1nc(-c2ccc(Br)s2)cs1. The average Bonchev–Trinajstić information content (AvgIpc) is 2.99. The molecule has 7 heteroatoms. The minimum absolute atomic E-state index is 0.0191. The third-order valence-corrected chi connectivity index (χ3v) is 4.33.